The molecule has 2 fully saturated rings. The van der Waals surface area contributed by atoms with Crippen molar-refractivity contribution in [2.75, 3.05) is 13.1 Å². The van der Waals surface area contributed by atoms with Crippen molar-refractivity contribution in [1.29, 1.82) is 5.26 Å². The van der Waals surface area contributed by atoms with E-state index in [4.69, 9.17) is 5.73 Å². The molecule has 1 saturated heterocycles. The van der Waals surface area contributed by atoms with Crippen LogP contribution in [0.15, 0.2) is 0 Å². The van der Waals surface area contributed by atoms with Crippen LogP contribution in [0.2, 0.25) is 0 Å². The molecule has 1 saturated carbocycles. The van der Waals surface area contributed by atoms with Crippen molar-refractivity contribution < 1.29 is 4.79 Å². The molecule has 1 heterocycles. The van der Waals surface area contributed by atoms with Gasteiger partial charge in [-0.25, -0.2) is 0 Å². The second kappa shape index (κ2) is 6.55. The third-order valence-electron chi connectivity index (χ3n) is 4.84. The molecule has 1 aliphatic carbocycles. The van der Waals surface area contributed by atoms with E-state index in [1.54, 1.807) is 0 Å². The molecular formula is C15H26N4O. The summed E-state index contributed by atoms with van der Waals surface area (Å²) in [5.41, 5.74) is 5.20. The molecule has 0 bridgehead atoms. The van der Waals surface area contributed by atoms with Crippen LogP contribution >= 0.6 is 0 Å². The van der Waals surface area contributed by atoms with Gasteiger partial charge in [0.25, 0.3) is 0 Å². The lowest BCUT2D eigenvalue weighted by Crippen LogP contribution is -2.55. The normalized spacial score (nSPS) is 29.9. The standard InChI is InChI=1S/C15H26N4O/c1-12-5-4-6-13(9-16)19(12)10-14(20)18-15(11-17)7-2-3-8-15/h12-13H,2-10,16H2,1H3,(H,18,20). The average Bonchev–Trinajstić information content (AvgIpc) is 2.90. The van der Waals surface area contributed by atoms with Crippen LogP contribution in [0.5, 0.6) is 0 Å². The maximum atomic E-state index is 12.3. The predicted molar refractivity (Wildman–Crippen MR) is 77.8 cm³/mol. The zero-order valence-electron chi connectivity index (χ0n) is 12.4. The number of nitrogens with zero attached hydrogens (tertiary/aromatic N) is 2. The van der Waals surface area contributed by atoms with E-state index in [-0.39, 0.29) is 5.91 Å². The summed E-state index contributed by atoms with van der Waals surface area (Å²) in [6.07, 6.45) is 6.99. The first-order chi connectivity index (χ1) is 9.60. The lowest BCUT2D eigenvalue weighted by molar-refractivity contribution is -0.125. The van der Waals surface area contributed by atoms with Gasteiger partial charge in [-0.1, -0.05) is 6.42 Å². The number of amides is 1. The second-order valence-electron chi connectivity index (χ2n) is 6.29. The van der Waals surface area contributed by atoms with Crippen LogP contribution in [0.1, 0.15) is 51.9 Å². The van der Waals surface area contributed by atoms with Crippen molar-refractivity contribution >= 4 is 5.91 Å². The summed E-state index contributed by atoms with van der Waals surface area (Å²) in [4.78, 5) is 14.5. The van der Waals surface area contributed by atoms with E-state index in [0.29, 0.717) is 25.2 Å². The topological polar surface area (TPSA) is 82.2 Å². The Labute approximate surface area is 121 Å². The molecule has 0 aromatic rings. The predicted octanol–water partition coefficient (Wildman–Crippen LogP) is 1.14. The summed E-state index contributed by atoms with van der Waals surface area (Å²) < 4.78 is 0. The van der Waals surface area contributed by atoms with Crippen LogP contribution < -0.4 is 11.1 Å². The molecular weight excluding hydrogens is 252 g/mol. The number of carbonyl (C=O) groups is 1. The van der Waals surface area contributed by atoms with Crippen LogP contribution in [0, 0.1) is 11.3 Å². The van der Waals surface area contributed by atoms with Gasteiger partial charge in [0.15, 0.2) is 0 Å². The lowest BCUT2D eigenvalue weighted by atomic mass is 9.96. The number of hydrogen-bond donors (Lipinski definition) is 2. The van der Waals surface area contributed by atoms with Crippen molar-refractivity contribution in [3.8, 4) is 6.07 Å². The first kappa shape index (κ1) is 15.3. The molecule has 0 aromatic carbocycles. The van der Waals surface area contributed by atoms with Gasteiger partial charge in [-0.15, -0.1) is 0 Å². The number of nitrogens with one attached hydrogen (secondary N) is 1. The Balaban J connectivity index is 1.94. The van der Waals surface area contributed by atoms with Crippen LogP contribution in [0.25, 0.3) is 0 Å². The Morgan fingerprint density at radius 2 is 2.10 bits per heavy atom. The summed E-state index contributed by atoms with van der Waals surface area (Å²) in [6.45, 7) is 3.12. The van der Waals surface area contributed by atoms with Gasteiger partial charge in [0, 0.05) is 18.6 Å². The number of nitriles is 1. The SMILES string of the molecule is CC1CCCC(CN)N1CC(=O)NC1(C#N)CCCC1. The van der Waals surface area contributed by atoms with Gasteiger partial charge in [0.1, 0.15) is 5.54 Å². The minimum Gasteiger partial charge on any atom is -0.337 e. The van der Waals surface area contributed by atoms with Crippen molar-refractivity contribution in [3.05, 3.63) is 0 Å². The highest BCUT2D eigenvalue weighted by Crippen LogP contribution is 2.29. The van der Waals surface area contributed by atoms with Crippen molar-refractivity contribution in [2.45, 2.75) is 69.5 Å². The van der Waals surface area contributed by atoms with Gasteiger partial charge in [0.2, 0.25) is 5.91 Å². The highest BCUT2D eigenvalue weighted by molar-refractivity contribution is 5.79. The van der Waals surface area contributed by atoms with Crippen LogP contribution in [-0.4, -0.2) is 41.5 Å². The van der Waals surface area contributed by atoms with Crippen molar-refractivity contribution in [2.24, 2.45) is 5.73 Å². The number of carbonyl (C=O) groups excluding carboxylic acids is 1. The summed E-state index contributed by atoms with van der Waals surface area (Å²) in [6, 6.07) is 3.00. The molecule has 20 heavy (non-hydrogen) atoms. The van der Waals surface area contributed by atoms with Gasteiger partial charge in [-0.2, -0.15) is 5.26 Å². The summed E-state index contributed by atoms with van der Waals surface area (Å²) in [5, 5.41) is 12.3. The molecule has 2 rings (SSSR count). The van der Waals surface area contributed by atoms with E-state index in [1.807, 2.05) is 0 Å². The molecule has 0 radical (unpaired) electrons. The van der Waals surface area contributed by atoms with E-state index in [9.17, 15) is 10.1 Å². The van der Waals surface area contributed by atoms with Gasteiger partial charge >= 0.3 is 0 Å². The maximum absolute atomic E-state index is 12.3. The fourth-order valence-corrected chi connectivity index (χ4v) is 3.59. The summed E-state index contributed by atoms with van der Waals surface area (Å²) in [7, 11) is 0. The number of hydrogen-bond acceptors (Lipinski definition) is 4. The fourth-order valence-electron chi connectivity index (χ4n) is 3.59. The molecule has 1 amide bonds. The van der Waals surface area contributed by atoms with Crippen molar-refractivity contribution in [1.82, 2.24) is 10.2 Å². The van der Waals surface area contributed by atoms with E-state index in [0.717, 1.165) is 38.5 Å². The number of piperidine rings is 1. The minimum atomic E-state index is -0.617. The lowest BCUT2D eigenvalue weighted by Gasteiger charge is -2.40. The Hall–Kier alpha value is -1.12. The van der Waals surface area contributed by atoms with E-state index >= 15 is 0 Å². The first-order valence-electron chi connectivity index (χ1n) is 7.78. The Morgan fingerprint density at radius 3 is 2.70 bits per heavy atom. The zero-order valence-corrected chi connectivity index (χ0v) is 12.4. The van der Waals surface area contributed by atoms with E-state index in [2.05, 4.69) is 23.2 Å². The molecule has 2 atom stereocenters. The maximum Gasteiger partial charge on any atom is 0.235 e. The quantitative estimate of drug-likeness (QED) is 0.808. The Kier molecular flexibility index (Phi) is 5.00. The minimum absolute atomic E-state index is 0.0272. The summed E-state index contributed by atoms with van der Waals surface area (Å²) >= 11 is 0. The zero-order chi connectivity index (χ0) is 14.6. The molecule has 5 heteroatoms. The number of rotatable bonds is 4. The molecule has 2 unspecified atom stereocenters. The number of likely N-dealkylation sites (tertiary alicyclic amines) is 1. The molecule has 0 spiro atoms. The molecule has 1 aliphatic heterocycles. The Bertz CT molecular complexity index is 384. The van der Waals surface area contributed by atoms with E-state index < -0.39 is 5.54 Å². The smallest absolute Gasteiger partial charge is 0.235 e. The van der Waals surface area contributed by atoms with Crippen molar-refractivity contribution in [3.63, 3.8) is 0 Å². The monoisotopic (exact) mass is 278 g/mol. The van der Waals surface area contributed by atoms with E-state index in [1.165, 1.54) is 6.42 Å². The molecule has 2 aliphatic rings. The third kappa shape index (κ3) is 3.31. The van der Waals surface area contributed by atoms with Gasteiger partial charge < -0.3 is 11.1 Å². The number of nitrogens with two attached hydrogens (primary N) is 1. The molecule has 0 aromatic heterocycles. The highest BCUT2D eigenvalue weighted by atomic mass is 16.2. The molecule has 112 valence electrons. The van der Waals surface area contributed by atoms with Gasteiger partial charge in [-0.3, -0.25) is 9.69 Å². The average molecular weight is 278 g/mol. The molecule has 3 N–H and O–H groups in total. The summed E-state index contributed by atoms with van der Waals surface area (Å²) in [5.74, 6) is -0.0272. The van der Waals surface area contributed by atoms with Gasteiger partial charge in [-0.05, 0) is 45.4 Å². The molecule has 5 nitrogen and oxygen atoms in total. The largest absolute Gasteiger partial charge is 0.337 e. The second-order valence-corrected chi connectivity index (χ2v) is 6.29. The highest BCUT2D eigenvalue weighted by Gasteiger charge is 2.36. The Morgan fingerprint density at radius 1 is 1.40 bits per heavy atom. The third-order valence-corrected chi connectivity index (χ3v) is 4.84. The first-order valence-corrected chi connectivity index (χ1v) is 7.78. The van der Waals surface area contributed by atoms with Gasteiger partial charge in [0.05, 0.1) is 12.6 Å². The van der Waals surface area contributed by atoms with Crippen LogP contribution in [0.3, 0.4) is 0 Å². The van der Waals surface area contributed by atoms with Crippen LogP contribution in [0.4, 0.5) is 0 Å². The van der Waals surface area contributed by atoms with Crippen LogP contribution in [-0.2, 0) is 4.79 Å². The fraction of sp³-hybridized carbons (Fsp3) is 0.867.